The van der Waals surface area contributed by atoms with E-state index in [1.165, 1.54) is 137 Å². The van der Waals surface area contributed by atoms with E-state index in [0.29, 0.717) is 0 Å². The van der Waals surface area contributed by atoms with E-state index >= 15 is 0 Å². The van der Waals surface area contributed by atoms with Crippen molar-refractivity contribution in [3.8, 4) is 55.9 Å². The Morgan fingerprint density at radius 1 is 0.267 bits per heavy atom. The number of hydrogen-bond donors (Lipinski definition) is 0. The van der Waals surface area contributed by atoms with Gasteiger partial charge in [0.2, 0.25) is 0 Å². The van der Waals surface area contributed by atoms with E-state index in [9.17, 15) is 0 Å². The molecule has 0 aliphatic heterocycles. The van der Waals surface area contributed by atoms with Crippen LogP contribution in [0.3, 0.4) is 0 Å². The number of hydrogen-bond acceptors (Lipinski definition) is 2. The van der Waals surface area contributed by atoms with E-state index in [1.54, 1.807) is 0 Å². The van der Waals surface area contributed by atoms with Crippen molar-refractivity contribution < 1.29 is 8.83 Å². The lowest BCUT2D eigenvalue weighted by Crippen LogP contribution is -2.16. The molecule has 4 heteroatoms. The molecule has 14 aromatic carbocycles. The quantitative estimate of drug-likeness (QED) is 0.176. The van der Waals surface area contributed by atoms with E-state index < -0.39 is 0 Å². The Balaban J connectivity index is 0.000000130. The first-order valence-corrected chi connectivity index (χ1v) is 31.4. The molecule has 0 amide bonds. The molecule has 2 aliphatic carbocycles. The van der Waals surface area contributed by atoms with Crippen LogP contribution in [0.2, 0.25) is 0 Å². The van der Waals surface area contributed by atoms with Crippen molar-refractivity contribution in [2.75, 3.05) is 0 Å². The third-order valence-electron chi connectivity index (χ3n) is 20.4. The molecule has 0 saturated carbocycles. The number of para-hydroxylation sites is 4. The molecule has 20 rings (SSSR count). The first-order valence-electron chi connectivity index (χ1n) is 31.4. The van der Waals surface area contributed by atoms with Gasteiger partial charge in [-0.3, -0.25) is 0 Å². The number of benzene rings is 14. The Labute approximate surface area is 519 Å². The second-order valence-electron chi connectivity index (χ2n) is 25.8. The zero-order valence-corrected chi connectivity index (χ0v) is 50.3. The van der Waals surface area contributed by atoms with Gasteiger partial charge in [-0.1, -0.05) is 252 Å². The highest BCUT2D eigenvalue weighted by Crippen LogP contribution is 2.54. The summed E-state index contributed by atoms with van der Waals surface area (Å²) in [6, 6.07) is 102. The third kappa shape index (κ3) is 6.96. The van der Waals surface area contributed by atoms with Crippen molar-refractivity contribution in [3.63, 3.8) is 0 Å². The van der Waals surface area contributed by atoms with Gasteiger partial charge < -0.3 is 18.0 Å². The second-order valence-corrected chi connectivity index (χ2v) is 25.8. The minimum Gasteiger partial charge on any atom is -0.455 e. The lowest BCUT2D eigenvalue weighted by atomic mass is 9.79. The molecular weight excluding hydrogens is 1090 g/mol. The minimum absolute atomic E-state index is 0.0199. The normalized spacial score (nSPS) is 13.7. The monoisotopic (exact) mass is 1150 g/mol. The van der Waals surface area contributed by atoms with Crippen LogP contribution in [0.1, 0.15) is 49.9 Å². The molecule has 0 N–H and O–H groups in total. The summed E-state index contributed by atoms with van der Waals surface area (Å²) in [6.07, 6.45) is 0. The topological polar surface area (TPSA) is 36.1 Å². The zero-order valence-electron chi connectivity index (χ0n) is 50.3. The van der Waals surface area contributed by atoms with Gasteiger partial charge in [-0.25, -0.2) is 0 Å². The Hall–Kier alpha value is -11.2. The predicted octanol–water partition coefficient (Wildman–Crippen LogP) is 23.6. The maximum absolute atomic E-state index is 6.74. The second kappa shape index (κ2) is 18.7. The summed E-state index contributed by atoms with van der Waals surface area (Å²) in [5.41, 5.74) is 26.6. The maximum atomic E-state index is 6.74. The minimum atomic E-state index is -0.0675. The highest BCUT2D eigenvalue weighted by atomic mass is 16.3. The summed E-state index contributed by atoms with van der Waals surface area (Å²) < 4.78 is 18.2. The molecule has 4 heterocycles. The number of rotatable bonds is 4. The van der Waals surface area contributed by atoms with Crippen molar-refractivity contribution >= 4 is 109 Å². The molecule has 4 aromatic heterocycles. The summed E-state index contributed by atoms with van der Waals surface area (Å²) in [5.74, 6) is 0. The number of fused-ring (bicyclic) bond motifs is 26. The van der Waals surface area contributed by atoms with Crippen LogP contribution in [0, 0.1) is 0 Å². The van der Waals surface area contributed by atoms with E-state index in [4.69, 9.17) is 8.83 Å². The van der Waals surface area contributed by atoms with Gasteiger partial charge in [-0.2, -0.15) is 0 Å². The van der Waals surface area contributed by atoms with Gasteiger partial charge in [0.1, 0.15) is 16.7 Å². The average molecular weight is 1150 g/mol. The molecule has 90 heavy (non-hydrogen) atoms. The molecule has 0 atom stereocenters. The Kier molecular flexibility index (Phi) is 10.6. The fourth-order valence-corrected chi connectivity index (χ4v) is 16.3. The Morgan fingerprint density at radius 2 is 0.689 bits per heavy atom. The largest absolute Gasteiger partial charge is 0.455 e. The van der Waals surface area contributed by atoms with Crippen LogP contribution in [0.25, 0.3) is 165 Å². The summed E-state index contributed by atoms with van der Waals surface area (Å²) in [4.78, 5) is 0. The smallest absolute Gasteiger partial charge is 0.160 e. The molecule has 0 unspecified atom stereocenters. The molecular formula is C86H58N2O2. The fraction of sp³-hybridized carbons (Fsp3) is 0.0698. The standard InChI is InChI=1S/2C43H29NO/c1-43(2)35-19-8-5-12-29(35)32-18-11-17-28(40(32)43)26-22-24-27(25-23-26)44-36-20-9-6-15-33(36)38-30-13-3-4-14-31(30)39-34-16-7-10-21-37(34)45-42(39)41(38)44;1-43(2)35-16-8-5-11-29(35)30-24-21-27(25-36(30)43)26-19-22-28(23-20-26)44-37-17-9-6-14-33(37)40-41(44)32-13-4-3-12-31(32)39-34-15-7-10-18-38(34)45-42(39)40/h2*3-25H,1-2H3. The van der Waals surface area contributed by atoms with Gasteiger partial charge in [0.25, 0.3) is 0 Å². The molecule has 2 aliphatic rings. The highest BCUT2D eigenvalue weighted by molar-refractivity contribution is 6.36. The molecule has 4 nitrogen and oxygen atoms in total. The van der Waals surface area contributed by atoms with Gasteiger partial charge in [0.05, 0.1) is 27.5 Å². The third-order valence-corrected chi connectivity index (χ3v) is 20.4. The molecule has 424 valence electrons. The van der Waals surface area contributed by atoms with E-state index in [2.05, 4.69) is 316 Å². The van der Waals surface area contributed by atoms with Crippen molar-refractivity contribution in [1.82, 2.24) is 9.13 Å². The summed E-state index contributed by atoms with van der Waals surface area (Å²) in [5, 5.41) is 14.4. The lowest BCUT2D eigenvalue weighted by molar-refractivity contribution is 0.660. The van der Waals surface area contributed by atoms with Crippen molar-refractivity contribution in [2.45, 2.75) is 38.5 Å². The number of aromatic nitrogens is 2. The van der Waals surface area contributed by atoms with Crippen LogP contribution >= 0.6 is 0 Å². The van der Waals surface area contributed by atoms with Gasteiger partial charge in [0, 0.05) is 65.3 Å². The first-order chi connectivity index (χ1) is 44.2. The highest BCUT2D eigenvalue weighted by Gasteiger charge is 2.38. The average Bonchev–Trinajstić information content (AvgIpc) is 1.55. The molecule has 0 saturated heterocycles. The van der Waals surface area contributed by atoms with Gasteiger partial charge >= 0.3 is 0 Å². The van der Waals surface area contributed by atoms with Crippen LogP contribution in [0.4, 0.5) is 0 Å². The first kappa shape index (κ1) is 50.9. The molecule has 0 spiro atoms. The van der Waals surface area contributed by atoms with Gasteiger partial charge in [-0.05, 0) is 138 Å². The van der Waals surface area contributed by atoms with E-state index in [1.807, 2.05) is 0 Å². The maximum Gasteiger partial charge on any atom is 0.160 e. The molecule has 0 fully saturated rings. The summed E-state index contributed by atoms with van der Waals surface area (Å²) in [6.45, 7) is 9.40. The Morgan fingerprint density at radius 3 is 1.33 bits per heavy atom. The van der Waals surface area contributed by atoms with Crippen molar-refractivity contribution in [3.05, 3.63) is 301 Å². The summed E-state index contributed by atoms with van der Waals surface area (Å²) in [7, 11) is 0. The van der Waals surface area contributed by atoms with Crippen LogP contribution < -0.4 is 0 Å². The predicted molar refractivity (Wildman–Crippen MR) is 377 cm³/mol. The summed E-state index contributed by atoms with van der Waals surface area (Å²) >= 11 is 0. The van der Waals surface area contributed by atoms with Gasteiger partial charge in [0.15, 0.2) is 5.58 Å². The van der Waals surface area contributed by atoms with Crippen LogP contribution in [0.5, 0.6) is 0 Å². The van der Waals surface area contributed by atoms with Crippen molar-refractivity contribution in [2.24, 2.45) is 0 Å². The van der Waals surface area contributed by atoms with E-state index in [-0.39, 0.29) is 10.8 Å². The lowest BCUT2D eigenvalue weighted by Gasteiger charge is -2.24. The SMILES string of the molecule is CC1(C)c2ccccc2-c2ccc(-c3ccc(-n4c5ccccc5c5c6oc7ccccc7c6c6ccccc6c54)cc3)cc21.CC1(C)c2ccccc2-c2cccc(-c3ccc(-n4c5ccccc5c5c6ccccc6c6c7ccccc7oc6c54)cc3)c21. The van der Waals surface area contributed by atoms with Crippen LogP contribution in [-0.4, -0.2) is 9.13 Å². The number of nitrogens with zero attached hydrogens (tertiary/aromatic N) is 2. The molecule has 18 aromatic rings. The van der Waals surface area contributed by atoms with Crippen LogP contribution in [-0.2, 0) is 10.8 Å². The number of furan rings is 2. The molecule has 0 radical (unpaired) electrons. The fourth-order valence-electron chi connectivity index (χ4n) is 16.3. The Bertz CT molecular complexity index is 6080. The van der Waals surface area contributed by atoms with Crippen LogP contribution in [0.15, 0.2) is 288 Å². The molecule has 0 bridgehead atoms. The van der Waals surface area contributed by atoms with E-state index in [0.717, 1.165) is 50.0 Å². The van der Waals surface area contributed by atoms with Crippen molar-refractivity contribution in [1.29, 1.82) is 0 Å². The van der Waals surface area contributed by atoms with Gasteiger partial charge in [-0.15, -0.1) is 0 Å². The zero-order chi connectivity index (χ0) is 59.7.